The predicted molar refractivity (Wildman–Crippen MR) is 63.4 cm³/mol. The van der Waals surface area contributed by atoms with Crippen LogP contribution < -0.4 is 4.74 Å². The maximum atomic E-state index is 12.2. The molecule has 0 atom stereocenters. The lowest BCUT2D eigenvalue weighted by Gasteiger charge is -2.34. The van der Waals surface area contributed by atoms with Crippen LogP contribution in [0, 0.1) is 11.8 Å². The van der Waals surface area contributed by atoms with Gasteiger partial charge in [-0.25, -0.2) is 0 Å². The van der Waals surface area contributed by atoms with Crippen molar-refractivity contribution in [2.24, 2.45) is 11.8 Å². The number of carbonyl (C=O) groups is 1. The number of hydrogen-bond acceptors (Lipinski definition) is 2. The van der Waals surface area contributed by atoms with Crippen LogP contribution in [0.3, 0.4) is 0 Å². The van der Waals surface area contributed by atoms with Crippen LogP contribution in [0.4, 0.5) is 0 Å². The minimum absolute atomic E-state index is 0.0984. The van der Waals surface area contributed by atoms with Gasteiger partial charge < -0.3 is 4.74 Å². The van der Waals surface area contributed by atoms with Gasteiger partial charge >= 0.3 is 5.97 Å². The van der Waals surface area contributed by atoms with E-state index in [-0.39, 0.29) is 17.8 Å². The van der Waals surface area contributed by atoms with Gasteiger partial charge in [0.2, 0.25) is 0 Å². The van der Waals surface area contributed by atoms with Gasteiger partial charge in [0.1, 0.15) is 11.2 Å². The lowest BCUT2D eigenvalue weighted by atomic mass is 9.65. The zero-order valence-corrected chi connectivity index (χ0v) is 10.3. The molecule has 2 nitrogen and oxygen atoms in total. The summed E-state index contributed by atoms with van der Waals surface area (Å²) in [4.78, 5) is 12.2. The maximum absolute atomic E-state index is 12.2. The average molecular weight is 218 g/mol. The van der Waals surface area contributed by atoms with Gasteiger partial charge in [-0.15, -0.1) is 0 Å². The molecule has 0 spiro atoms. The molecule has 1 aliphatic rings. The van der Waals surface area contributed by atoms with E-state index in [9.17, 15) is 4.79 Å². The Labute approximate surface area is 96.6 Å². The number of carbonyl (C=O) groups excluding carboxylic acids is 1. The summed E-state index contributed by atoms with van der Waals surface area (Å²) in [6.45, 7) is 8.35. The lowest BCUT2D eigenvalue weighted by Crippen LogP contribution is -2.43. The molecular formula is C14H18O2. The fourth-order valence-electron chi connectivity index (χ4n) is 2.95. The third-order valence-corrected chi connectivity index (χ3v) is 3.69. The van der Waals surface area contributed by atoms with Crippen LogP contribution in [0.2, 0.25) is 0 Å². The van der Waals surface area contributed by atoms with Crippen molar-refractivity contribution in [2.75, 3.05) is 0 Å². The topological polar surface area (TPSA) is 26.3 Å². The normalized spacial score (nSPS) is 17.8. The number of esters is 1. The molecule has 0 aromatic heterocycles. The first-order valence-electron chi connectivity index (χ1n) is 5.83. The van der Waals surface area contributed by atoms with Crippen molar-refractivity contribution in [1.82, 2.24) is 0 Å². The number of hydrogen-bond donors (Lipinski definition) is 0. The Hall–Kier alpha value is -1.31. The molecule has 0 bridgehead atoms. The van der Waals surface area contributed by atoms with Crippen molar-refractivity contribution >= 4 is 5.97 Å². The van der Waals surface area contributed by atoms with Gasteiger partial charge in [-0.05, 0) is 17.9 Å². The van der Waals surface area contributed by atoms with Gasteiger partial charge in [0.15, 0.2) is 0 Å². The molecule has 0 aliphatic carbocycles. The summed E-state index contributed by atoms with van der Waals surface area (Å²) in [6.07, 6.45) is 0. The van der Waals surface area contributed by atoms with E-state index in [4.69, 9.17) is 4.74 Å². The first-order chi connectivity index (χ1) is 7.51. The van der Waals surface area contributed by atoms with E-state index in [0.717, 1.165) is 11.3 Å². The number of ether oxygens (including phenoxy) is 1. The second-order valence-electron chi connectivity index (χ2n) is 5.06. The molecule has 86 valence electrons. The standard InChI is InChI=1S/C14H18O2/c1-9(2)14(10(3)4)11-7-5-6-8-12(11)16-13(14)15/h5-10H,1-4H3. The van der Waals surface area contributed by atoms with Gasteiger partial charge in [0.25, 0.3) is 0 Å². The second kappa shape index (κ2) is 3.62. The fourth-order valence-corrected chi connectivity index (χ4v) is 2.95. The highest BCUT2D eigenvalue weighted by atomic mass is 16.5. The Kier molecular flexibility index (Phi) is 2.53. The molecule has 1 aliphatic heterocycles. The maximum Gasteiger partial charge on any atom is 0.322 e. The summed E-state index contributed by atoms with van der Waals surface area (Å²) < 4.78 is 5.41. The molecule has 0 radical (unpaired) electrons. The average Bonchev–Trinajstić information content (AvgIpc) is 2.50. The monoisotopic (exact) mass is 218 g/mol. The summed E-state index contributed by atoms with van der Waals surface area (Å²) in [5, 5.41) is 0. The van der Waals surface area contributed by atoms with Crippen molar-refractivity contribution in [3.05, 3.63) is 29.8 Å². The number of rotatable bonds is 2. The SMILES string of the molecule is CC(C)C1(C(C)C)C(=O)Oc2ccccc21. The van der Waals surface area contributed by atoms with Crippen LogP contribution in [-0.4, -0.2) is 5.97 Å². The molecule has 0 unspecified atom stereocenters. The van der Waals surface area contributed by atoms with Crippen LogP contribution >= 0.6 is 0 Å². The molecule has 0 fully saturated rings. The molecule has 0 N–H and O–H groups in total. The van der Waals surface area contributed by atoms with Crippen molar-refractivity contribution in [3.63, 3.8) is 0 Å². The first-order valence-corrected chi connectivity index (χ1v) is 5.83. The Balaban J connectivity index is 2.67. The first kappa shape index (κ1) is 11.2. The van der Waals surface area contributed by atoms with Gasteiger partial charge in [-0.2, -0.15) is 0 Å². The van der Waals surface area contributed by atoms with Crippen LogP contribution in [0.5, 0.6) is 5.75 Å². The summed E-state index contributed by atoms with van der Waals surface area (Å²) in [5.74, 6) is 1.11. The number of fused-ring (bicyclic) bond motifs is 1. The van der Waals surface area contributed by atoms with Crippen molar-refractivity contribution in [3.8, 4) is 5.75 Å². The van der Waals surface area contributed by atoms with Crippen molar-refractivity contribution in [1.29, 1.82) is 0 Å². The smallest absolute Gasteiger partial charge is 0.322 e. The summed E-state index contributed by atoms with van der Waals surface area (Å²) in [7, 11) is 0. The van der Waals surface area contributed by atoms with Crippen LogP contribution in [0.1, 0.15) is 33.3 Å². The highest BCUT2D eigenvalue weighted by Gasteiger charge is 2.53. The zero-order valence-electron chi connectivity index (χ0n) is 10.3. The van der Waals surface area contributed by atoms with Crippen LogP contribution in [0.25, 0.3) is 0 Å². The van der Waals surface area contributed by atoms with Crippen LogP contribution in [0.15, 0.2) is 24.3 Å². The van der Waals surface area contributed by atoms with E-state index in [1.54, 1.807) is 0 Å². The second-order valence-corrected chi connectivity index (χ2v) is 5.06. The van der Waals surface area contributed by atoms with E-state index in [1.807, 2.05) is 24.3 Å². The molecule has 0 saturated heterocycles. The Bertz CT molecular complexity index is 410. The highest BCUT2D eigenvalue weighted by Crippen LogP contribution is 2.48. The summed E-state index contributed by atoms with van der Waals surface area (Å²) >= 11 is 0. The van der Waals surface area contributed by atoms with Crippen LogP contribution in [-0.2, 0) is 10.2 Å². The molecule has 2 heteroatoms. The third-order valence-electron chi connectivity index (χ3n) is 3.69. The van der Waals surface area contributed by atoms with Crippen molar-refractivity contribution < 1.29 is 9.53 Å². The molecule has 1 aromatic rings. The Morgan fingerprint density at radius 2 is 1.62 bits per heavy atom. The summed E-state index contributed by atoms with van der Waals surface area (Å²) in [6, 6.07) is 7.77. The predicted octanol–water partition coefficient (Wildman–Crippen LogP) is 3.16. The number of para-hydroxylation sites is 1. The van der Waals surface area contributed by atoms with Crippen molar-refractivity contribution in [2.45, 2.75) is 33.1 Å². The lowest BCUT2D eigenvalue weighted by molar-refractivity contribution is -0.141. The zero-order chi connectivity index (χ0) is 11.9. The van der Waals surface area contributed by atoms with E-state index in [1.165, 1.54) is 0 Å². The largest absolute Gasteiger partial charge is 0.426 e. The molecule has 1 aromatic carbocycles. The Morgan fingerprint density at radius 1 is 1.06 bits per heavy atom. The quantitative estimate of drug-likeness (QED) is 0.563. The third kappa shape index (κ3) is 1.22. The Morgan fingerprint density at radius 3 is 2.19 bits per heavy atom. The number of benzene rings is 1. The van der Waals surface area contributed by atoms with E-state index >= 15 is 0 Å². The molecular weight excluding hydrogens is 200 g/mol. The molecule has 16 heavy (non-hydrogen) atoms. The minimum Gasteiger partial charge on any atom is -0.426 e. The fraction of sp³-hybridized carbons (Fsp3) is 0.500. The summed E-state index contributed by atoms with van der Waals surface area (Å²) in [5.41, 5.74) is 0.571. The van der Waals surface area contributed by atoms with E-state index in [2.05, 4.69) is 27.7 Å². The van der Waals surface area contributed by atoms with Gasteiger partial charge in [-0.3, -0.25) is 4.79 Å². The molecule has 0 saturated carbocycles. The molecule has 2 rings (SSSR count). The van der Waals surface area contributed by atoms with Gasteiger partial charge in [0.05, 0.1) is 0 Å². The van der Waals surface area contributed by atoms with Gasteiger partial charge in [0, 0.05) is 5.56 Å². The molecule has 1 heterocycles. The van der Waals surface area contributed by atoms with Gasteiger partial charge in [-0.1, -0.05) is 45.9 Å². The van der Waals surface area contributed by atoms with E-state index in [0.29, 0.717) is 0 Å². The highest BCUT2D eigenvalue weighted by molar-refractivity contribution is 5.91. The molecule has 0 amide bonds. The minimum atomic E-state index is -0.476. The van der Waals surface area contributed by atoms with E-state index < -0.39 is 5.41 Å².